The van der Waals surface area contributed by atoms with Crippen LogP contribution in [0.5, 0.6) is 0 Å². The predicted octanol–water partition coefficient (Wildman–Crippen LogP) is 1.52. The average Bonchev–Trinajstić information content (AvgIpc) is 2.70. The Bertz CT molecular complexity index is 419. The molecule has 0 saturated heterocycles. The molecule has 0 N–H and O–H groups in total. The first-order valence-corrected chi connectivity index (χ1v) is 3.78. The fraction of sp³-hybridized carbons (Fsp3) is 0.250. The van der Waals surface area contributed by atoms with Crippen molar-refractivity contribution < 1.29 is 8.81 Å². The van der Waals surface area contributed by atoms with Gasteiger partial charge in [-0.05, 0) is 6.92 Å². The minimum absolute atomic E-state index is 0.206. The molecule has 0 aromatic carbocycles. The van der Waals surface area contributed by atoms with Crippen LogP contribution < -0.4 is 0 Å². The van der Waals surface area contributed by atoms with E-state index in [0.717, 1.165) is 0 Å². The highest BCUT2D eigenvalue weighted by Gasteiger charge is 2.16. The maximum absolute atomic E-state index is 13.4. The van der Waals surface area contributed by atoms with Crippen LogP contribution in [0.15, 0.2) is 17.0 Å². The molecule has 0 amide bonds. The van der Waals surface area contributed by atoms with Crippen LogP contribution in [0, 0.1) is 12.7 Å². The maximum Gasteiger partial charge on any atom is 0.181 e. The molecule has 0 radical (unpaired) electrons. The van der Waals surface area contributed by atoms with Crippen LogP contribution in [0.4, 0.5) is 4.39 Å². The fourth-order valence-corrected chi connectivity index (χ4v) is 1.07. The Morgan fingerprint density at radius 3 is 2.77 bits per heavy atom. The molecule has 13 heavy (non-hydrogen) atoms. The molecule has 0 spiro atoms. The number of hydrogen-bond acceptors (Lipinski definition) is 3. The smallest absolute Gasteiger partial charge is 0.181 e. The summed E-state index contributed by atoms with van der Waals surface area (Å²) >= 11 is 0. The second kappa shape index (κ2) is 2.69. The highest BCUT2D eigenvalue weighted by atomic mass is 19.1. The van der Waals surface area contributed by atoms with Crippen LogP contribution in [0.3, 0.4) is 0 Å². The average molecular weight is 181 g/mol. The molecule has 0 fully saturated rings. The lowest BCUT2D eigenvalue weighted by Crippen LogP contribution is -1.92. The van der Waals surface area contributed by atoms with Crippen molar-refractivity contribution in [3.05, 3.63) is 24.1 Å². The van der Waals surface area contributed by atoms with Crippen LogP contribution in [0.1, 0.15) is 5.69 Å². The zero-order valence-electron chi connectivity index (χ0n) is 7.28. The van der Waals surface area contributed by atoms with E-state index in [1.54, 1.807) is 14.0 Å². The van der Waals surface area contributed by atoms with Gasteiger partial charge in [0.25, 0.3) is 0 Å². The zero-order chi connectivity index (χ0) is 9.42. The number of halogens is 1. The minimum Gasteiger partial charge on any atom is -0.442 e. The largest absolute Gasteiger partial charge is 0.442 e. The summed E-state index contributed by atoms with van der Waals surface area (Å²) in [4.78, 5) is 3.70. The molecule has 2 aromatic heterocycles. The third kappa shape index (κ3) is 1.12. The maximum atomic E-state index is 13.4. The Labute approximate surface area is 74.0 Å². The lowest BCUT2D eigenvalue weighted by molar-refractivity contribution is 0.559. The Hall–Kier alpha value is -1.65. The number of rotatable bonds is 1. The first-order valence-electron chi connectivity index (χ1n) is 3.78. The summed E-state index contributed by atoms with van der Waals surface area (Å²) in [5.74, 6) is -0.0135. The highest BCUT2D eigenvalue weighted by Crippen LogP contribution is 2.22. The number of oxazole rings is 1. The van der Waals surface area contributed by atoms with E-state index in [4.69, 9.17) is 4.42 Å². The second-order valence-corrected chi connectivity index (χ2v) is 2.74. The van der Waals surface area contributed by atoms with Crippen molar-refractivity contribution in [2.45, 2.75) is 6.92 Å². The summed E-state index contributed by atoms with van der Waals surface area (Å²) in [6.07, 6.45) is 2.68. The van der Waals surface area contributed by atoms with Crippen molar-refractivity contribution in [2.75, 3.05) is 0 Å². The van der Waals surface area contributed by atoms with Crippen molar-refractivity contribution in [3.8, 4) is 11.5 Å². The summed E-state index contributed by atoms with van der Waals surface area (Å²) in [5, 5.41) is 3.96. The van der Waals surface area contributed by atoms with E-state index in [-0.39, 0.29) is 11.5 Å². The normalized spacial score (nSPS) is 10.7. The van der Waals surface area contributed by atoms with Gasteiger partial charge in [0.05, 0.1) is 11.9 Å². The van der Waals surface area contributed by atoms with E-state index in [0.29, 0.717) is 11.5 Å². The summed E-state index contributed by atoms with van der Waals surface area (Å²) < 4.78 is 19.8. The van der Waals surface area contributed by atoms with Crippen LogP contribution in [-0.2, 0) is 7.05 Å². The summed E-state index contributed by atoms with van der Waals surface area (Å²) in [6.45, 7) is 1.65. The Balaban J connectivity index is 2.59. The quantitative estimate of drug-likeness (QED) is 0.670. The van der Waals surface area contributed by atoms with E-state index < -0.39 is 0 Å². The number of aryl methyl sites for hydroxylation is 1. The molecule has 0 aliphatic heterocycles. The SMILES string of the molecule is Cc1c(F)c(-c2cnco2)nn1C. The number of aromatic nitrogens is 3. The van der Waals surface area contributed by atoms with Crippen molar-refractivity contribution in [1.29, 1.82) is 0 Å². The van der Waals surface area contributed by atoms with Gasteiger partial charge < -0.3 is 4.42 Å². The molecule has 0 unspecified atom stereocenters. The lowest BCUT2D eigenvalue weighted by atomic mass is 10.3. The minimum atomic E-state index is -0.362. The monoisotopic (exact) mass is 181 g/mol. The molecule has 0 saturated carbocycles. The van der Waals surface area contributed by atoms with Gasteiger partial charge in [-0.3, -0.25) is 4.68 Å². The van der Waals surface area contributed by atoms with Gasteiger partial charge >= 0.3 is 0 Å². The van der Waals surface area contributed by atoms with Gasteiger partial charge in [-0.1, -0.05) is 0 Å². The molecule has 2 rings (SSSR count). The molecule has 2 aromatic rings. The molecular formula is C8H8FN3O. The molecule has 0 bridgehead atoms. The molecule has 4 nitrogen and oxygen atoms in total. The summed E-state index contributed by atoms with van der Waals surface area (Å²) in [7, 11) is 1.68. The first-order chi connectivity index (χ1) is 6.20. The standard InChI is InChI=1S/C8H8FN3O/c1-5-7(9)8(11-12(5)2)6-3-10-4-13-6/h3-4H,1-2H3. The van der Waals surface area contributed by atoms with Crippen LogP contribution in [0.25, 0.3) is 11.5 Å². The second-order valence-electron chi connectivity index (χ2n) is 2.74. The number of hydrogen-bond donors (Lipinski definition) is 0. The van der Waals surface area contributed by atoms with Crippen LogP contribution in [0.2, 0.25) is 0 Å². The third-order valence-electron chi connectivity index (χ3n) is 1.93. The van der Waals surface area contributed by atoms with Gasteiger partial charge in [-0.2, -0.15) is 5.10 Å². The van der Waals surface area contributed by atoms with Gasteiger partial charge in [0, 0.05) is 7.05 Å². The topological polar surface area (TPSA) is 43.9 Å². The van der Waals surface area contributed by atoms with E-state index in [2.05, 4.69) is 10.1 Å². The highest BCUT2D eigenvalue weighted by molar-refractivity contribution is 5.51. The predicted molar refractivity (Wildman–Crippen MR) is 43.4 cm³/mol. The molecule has 0 atom stereocenters. The van der Waals surface area contributed by atoms with E-state index in [9.17, 15) is 4.39 Å². The van der Waals surface area contributed by atoms with E-state index in [1.807, 2.05) is 0 Å². The van der Waals surface area contributed by atoms with Crippen molar-refractivity contribution >= 4 is 0 Å². The van der Waals surface area contributed by atoms with E-state index >= 15 is 0 Å². The zero-order valence-corrected chi connectivity index (χ0v) is 7.28. The Kier molecular flexibility index (Phi) is 1.65. The molecule has 0 aliphatic rings. The van der Waals surface area contributed by atoms with Gasteiger partial charge in [0.1, 0.15) is 0 Å². The fourth-order valence-electron chi connectivity index (χ4n) is 1.07. The third-order valence-corrected chi connectivity index (χ3v) is 1.93. The molecule has 68 valence electrons. The van der Waals surface area contributed by atoms with Gasteiger partial charge in [-0.25, -0.2) is 9.37 Å². The first kappa shape index (κ1) is 7.97. The van der Waals surface area contributed by atoms with E-state index in [1.165, 1.54) is 17.3 Å². The van der Waals surface area contributed by atoms with Gasteiger partial charge in [-0.15, -0.1) is 0 Å². The molecule has 2 heterocycles. The van der Waals surface area contributed by atoms with Gasteiger partial charge in [0.15, 0.2) is 23.7 Å². The summed E-state index contributed by atoms with van der Waals surface area (Å²) in [5.41, 5.74) is 0.684. The van der Waals surface area contributed by atoms with Crippen LogP contribution >= 0.6 is 0 Å². The van der Waals surface area contributed by atoms with Gasteiger partial charge in [0.2, 0.25) is 0 Å². The molecular weight excluding hydrogens is 173 g/mol. The Morgan fingerprint density at radius 2 is 2.31 bits per heavy atom. The Morgan fingerprint density at radius 1 is 1.54 bits per heavy atom. The molecule has 5 heteroatoms. The van der Waals surface area contributed by atoms with Crippen molar-refractivity contribution in [2.24, 2.45) is 7.05 Å². The van der Waals surface area contributed by atoms with Crippen molar-refractivity contribution in [3.63, 3.8) is 0 Å². The summed E-state index contributed by atoms with van der Waals surface area (Å²) in [6, 6.07) is 0. The lowest BCUT2D eigenvalue weighted by Gasteiger charge is -1.88. The van der Waals surface area contributed by atoms with Crippen LogP contribution in [-0.4, -0.2) is 14.8 Å². The number of nitrogens with zero attached hydrogens (tertiary/aromatic N) is 3. The van der Waals surface area contributed by atoms with Crippen molar-refractivity contribution in [1.82, 2.24) is 14.8 Å². The molecule has 0 aliphatic carbocycles.